The Balaban J connectivity index is 1.40. The van der Waals surface area contributed by atoms with Crippen LogP contribution in [0.1, 0.15) is 24.3 Å². The fourth-order valence-corrected chi connectivity index (χ4v) is 3.40. The van der Waals surface area contributed by atoms with Crippen LogP contribution in [0, 0.1) is 0 Å². The van der Waals surface area contributed by atoms with Gasteiger partial charge in [0.1, 0.15) is 24.2 Å². The Morgan fingerprint density at radius 2 is 1.68 bits per heavy atom. The standard InChI is InChI=1S/C20H24ClNO3/c21-17-3-7-20(8-4-17)25-14-19(24)13-22-11-9-16(10-12-22)15-1-5-18(23)6-2-15/h1-8,16,19,23-24H,9-14H2/t19-/m1/s1. The molecule has 134 valence electrons. The van der Waals surface area contributed by atoms with Gasteiger partial charge in [0.15, 0.2) is 0 Å². The summed E-state index contributed by atoms with van der Waals surface area (Å²) in [4.78, 5) is 2.28. The first-order valence-corrected chi connectivity index (χ1v) is 9.05. The highest BCUT2D eigenvalue weighted by Gasteiger charge is 2.22. The smallest absolute Gasteiger partial charge is 0.119 e. The lowest BCUT2D eigenvalue weighted by molar-refractivity contribution is 0.0594. The molecule has 1 saturated heterocycles. The molecular weight excluding hydrogens is 338 g/mol. The highest BCUT2D eigenvalue weighted by atomic mass is 35.5. The SMILES string of the molecule is Oc1ccc(C2CCN(C[C@@H](O)COc3ccc(Cl)cc3)CC2)cc1. The predicted octanol–water partition coefficient (Wildman–Crippen LogP) is 3.66. The van der Waals surface area contributed by atoms with Crippen molar-refractivity contribution in [1.82, 2.24) is 4.90 Å². The first-order chi connectivity index (χ1) is 12.1. The van der Waals surface area contributed by atoms with E-state index in [0.717, 1.165) is 31.7 Å². The average molecular weight is 362 g/mol. The first kappa shape index (κ1) is 18.1. The molecule has 0 bridgehead atoms. The van der Waals surface area contributed by atoms with Crippen LogP contribution in [0.15, 0.2) is 48.5 Å². The van der Waals surface area contributed by atoms with Gasteiger partial charge in [0.25, 0.3) is 0 Å². The first-order valence-electron chi connectivity index (χ1n) is 8.68. The second-order valence-electron chi connectivity index (χ2n) is 6.59. The van der Waals surface area contributed by atoms with E-state index < -0.39 is 6.10 Å². The van der Waals surface area contributed by atoms with Gasteiger partial charge in [-0.1, -0.05) is 23.7 Å². The van der Waals surface area contributed by atoms with Gasteiger partial charge in [0.05, 0.1) is 0 Å². The molecule has 5 heteroatoms. The number of nitrogens with zero attached hydrogens (tertiary/aromatic N) is 1. The van der Waals surface area contributed by atoms with Gasteiger partial charge in [-0.05, 0) is 73.8 Å². The van der Waals surface area contributed by atoms with E-state index in [0.29, 0.717) is 23.2 Å². The quantitative estimate of drug-likeness (QED) is 0.824. The lowest BCUT2D eigenvalue weighted by Crippen LogP contribution is -2.40. The molecule has 0 aliphatic carbocycles. The van der Waals surface area contributed by atoms with Crippen LogP contribution in [0.5, 0.6) is 11.5 Å². The van der Waals surface area contributed by atoms with Crippen molar-refractivity contribution < 1.29 is 14.9 Å². The lowest BCUT2D eigenvalue weighted by Gasteiger charge is -2.33. The molecule has 0 spiro atoms. The molecule has 3 rings (SSSR count). The molecule has 0 amide bonds. The number of phenols is 1. The maximum absolute atomic E-state index is 10.2. The molecule has 1 heterocycles. The summed E-state index contributed by atoms with van der Waals surface area (Å²) in [6.45, 7) is 2.82. The summed E-state index contributed by atoms with van der Waals surface area (Å²) >= 11 is 5.84. The van der Waals surface area contributed by atoms with Gasteiger partial charge in [-0.3, -0.25) is 0 Å². The Kier molecular flexibility index (Phi) is 6.19. The molecular formula is C20H24ClNO3. The van der Waals surface area contributed by atoms with Gasteiger partial charge in [0, 0.05) is 11.6 Å². The van der Waals surface area contributed by atoms with E-state index in [1.807, 2.05) is 12.1 Å². The maximum atomic E-state index is 10.2. The third kappa shape index (κ3) is 5.36. The van der Waals surface area contributed by atoms with E-state index in [1.54, 1.807) is 36.4 Å². The monoisotopic (exact) mass is 361 g/mol. The summed E-state index contributed by atoms with van der Waals surface area (Å²) in [5, 5.41) is 20.3. The van der Waals surface area contributed by atoms with Crippen molar-refractivity contribution in [2.75, 3.05) is 26.2 Å². The highest BCUT2D eigenvalue weighted by Crippen LogP contribution is 2.29. The molecule has 1 aliphatic heterocycles. The lowest BCUT2D eigenvalue weighted by atomic mass is 9.89. The Morgan fingerprint density at radius 1 is 1.04 bits per heavy atom. The molecule has 0 aromatic heterocycles. The minimum absolute atomic E-state index is 0.277. The van der Waals surface area contributed by atoms with Crippen LogP contribution < -0.4 is 4.74 Å². The van der Waals surface area contributed by atoms with Gasteiger partial charge in [0.2, 0.25) is 0 Å². The molecule has 2 aromatic carbocycles. The number of aromatic hydroxyl groups is 1. The van der Waals surface area contributed by atoms with Crippen LogP contribution in [0.3, 0.4) is 0 Å². The van der Waals surface area contributed by atoms with Gasteiger partial charge in [-0.25, -0.2) is 0 Å². The van der Waals surface area contributed by atoms with Crippen molar-refractivity contribution in [3.8, 4) is 11.5 Å². The third-order valence-electron chi connectivity index (χ3n) is 4.68. The van der Waals surface area contributed by atoms with Crippen molar-refractivity contribution >= 4 is 11.6 Å². The van der Waals surface area contributed by atoms with Crippen LogP contribution >= 0.6 is 11.6 Å². The average Bonchev–Trinajstić information content (AvgIpc) is 2.63. The number of piperidine rings is 1. The summed E-state index contributed by atoms with van der Waals surface area (Å²) in [5.41, 5.74) is 1.28. The van der Waals surface area contributed by atoms with Crippen LogP contribution in [0.2, 0.25) is 5.02 Å². The number of aliphatic hydroxyl groups is 1. The number of halogens is 1. The molecule has 0 saturated carbocycles. The number of rotatable bonds is 6. The second-order valence-corrected chi connectivity index (χ2v) is 7.02. The number of ether oxygens (including phenoxy) is 1. The number of phenolic OH excluding ortho intramolecular Hbond substituents is 1. The van der Waals surface area contributed by atoms with Gasteiger partial charge < -0.3 is 19.8 Å². The normalized spacial score (nSPS) is 17.4. The summed E-state index contributed by atoms with van der Waals surface area (Å²) in [6.07, 6.45) is 1.62. The van der Waals surface area contributed by atoms with E-state index in [4.69, 9.17) is 16.3 Å². The van der Waals surface area contributed by atoms with Gasteiger partial charge in [-0.15, -0.1) is 0 Å². The Morgan fingerprint density at radius 3 is 2.32 bits per heavy atom. The topological polar surface area (TPSA) is 52.9 Å². The summed E-state index contributed by atoms with van der Waals surface area (Å²) in [6, 6.07) is 14.7. The molecule has 0 radical (unpaired) electrons. The molecule has 4 nitrogen and oxygen atoms in total. The van der Waals surface area contributed by atoms with Crippen LogP contribution in [-0.4, -0.2) is 47.5 Å². The summed E-state index contributed by atoms with van der Waals surface area (Å²) < 4.78 is 5.61. The van der Waals surface area contributed by atoms with E-state index in [2.05, 4.69) is 4.90 Å². The van der Waals surface area contributed by atoms with Crippen LogP contribution in [-0.2, 0) is 0 Å². The van der Waals surface area contributed by atoms with Crippen molar-refractivity contribution in [2.24, 2.45) is 0 Å². The van der Waals surface area contributed by atoms with Crippen molar-refractivity contribution in [2.45, 2.75) is 24.9 Å². The molecule has 25 heavy (non-hydrogen) atoms. The summed E-state index contributed by atoms with van der Waals surface area (Å²) in [7, 11) is 0. The summed E-state index contributed by atoms with van der Waals surface area (Å²) in [5.74, 6) is 1.55. The van der Waals surface area contributed by atoms with E-state index in [9.17, 15) is 10.2 Å². The number of benzene rings is 2. The Labute approximate surface area is 153 Å². The number of likely N-dealkylation sites (tertiary alicyclic amines) is 1. The van der Waals surface area contributed by atoms with Crippen LogP contribution in [0.25, 0.3) is 0 Å². The van der Waals surface area contributed by atoms with Gasteiger partial charge >= 0.3 is 0 Å². The highest BCUT2D eigenvalue weighted by molar-refractivity contribution is 6.30. The predicted molar refractivity (Wildman–Crippen MR) is 99.5 cm³/mol. The molecule has 1 aliphatic rings. The van der Waals surface area contributed by atoms with Crippen molar-refractivity contribution in [1.29, 1.82) is 0 Å². The Bertz CT molecular complexity index is 652. The van der Waals surface area contributed by atoms with E-state index in [1.165, 1.54) is 5.56 Å². The zero-order valence-corrected chi connectivity index (χ0v) is 14.9. The van der Waals surface area contributed by atoms with E-state index >= 15 is 0 Å². The van der Waals surface area contributed by atoms with Crippen molar-refractivity contribution in [3.63, 3.8) is 0 Å². The largest absolute Gasteiger partial charge is 0.508 e. The molecule has 0 unspecified atom stereocenters. The molecule has 2 aromatic rings. The third-order valence-corrected chi connectivity index (χ3v) is 4.93. The molecule has 1 fully saturated rings. The zero-order chi connectivity index (χ0) is 17.6. The minimum atomic E-state index is -0.513. The molecule has 1 atom stereocenters. The van der Waals surface area contributed by atoms with Gasteiger partial charge in [-0.2, -0.15) is 0 Å². The fourth-order valence-electron chi connectivity index (χ4n) is 3.27. The zero-order valence-electron chi connectivity index (χ0n) is 14.1. The maximum Gasteiger partial charge on any atom is 0.119 e. The van der Waals surface area contributed by atoms with Crippen molar-refractivity contribution in [3.05, 3.63) is 59.1 Å². The number of hydrogen-bond acceptors (Lipinski definition) is 4. The van der Waals surface area contributed by atoms with Crippen LogP contribution in [0.4, 0.5) is 0 Å². The number of aliphatic hydroxyl groups excluding tert-OH is 1. The number of β-amino-alcohol motifs (C(OH)–C–C–N with tert-alkyl or cyclic N) is 1. The second kappa shape index (κ2) is 8.56. The number of hydrogen-bond donors (Lipinski definition) is 2. The fraction of sp³-hybridized carbons (Fsp3) is 0.400. The Hall–Kier alpha value is -1.75. The minimum Gasteiger partial charge on any atom is -0.508 e. The molecule has 2 N–H and O–H groups in total. The van der Waals surface area contributed by atoms with E-state index in [-0.39, 0.29) is 6.61 Å².